The second-order valence-electron chi connectivity index (χ2n) is 5.41. The van der Waals surface area contributed by atoms with E-state index < -0.39 is 0 Å². The predicted octanol–water partition coefficient (Wildman–Crippen LogP) is 4.33. The minimum Gasteiger partial charge on any atom is -0.353 e. The molecule has 1 unspecified atom stereocenters. The van der Waals surface area contributed by atoms with Gasteiger partial charge in [0.05, 0.1) is 12.5 Å². The number of nitrogens with one attached hydrogen (secondary N) is 1. The molecule has 0 saturated carbocycles. The molecule has 0 radical (unpaired) electrons. The minimum absolute atomic E-state index is 0.0175. The zero-order valence-corrected chi connectivity index (χ0v) is 12.7. The van der Waals surface area contributed by atoms with Crippen molar-refractivity contribution in [3.63, 3.8) is 0 Å². The number of carbonyl (C=O) groups is 1. The average Bonchev–Trinajstić information content (AvgIpc) is 2.37. The SMILES string of the molecule is CCCCCCCCCCCC(=O)NC(C)CC#N. The molecular weight excluding hydrogens is 236 g/mol. The summed E-state index contributed by atoms with van der Waals surface area (Å²) in [6.45, 7) is 4.11. The van der Waals surface area contributed by atoms with Crippen molar-refractivity contribution in [2.75, 3.05) is 0 Å². The average molecular weight is 266 g/mol. The van der Waals surface area contributed by atoms with Gasteiger partial charge in [-0.1, -0.05) is 58.3 Å². The van der Waals surface area contributed by atoms with Gasteiger partial charge in [0.25, 0.3) is 0 Å². The van der Waals surface area contributed by atoms with Crippen molar-refractivity contribution in [1.29, 1.82) is 5.26 Å². The third-order valence-corrected chi connectivity index (χ3v) is 3.31. The van der Waals surface area contributed by atoms with Crippen LogP contribution < -0.4 is 5.32 Å². The highest BCUT2D eigenvalue weighted by Gasteiger charge is 2.05. The van der Waals surface area contributed by atoms with E-state index >= 15 is 0 Å². The Balaban J connectivity index is 3.25. The Labute approximate surface area is 118 Å². The summed E-state index contributed by atoms with van der Waals surface area (Å²) in [5.41, 5.74) is 0. The lowest BCUT2D eigenvalue weighted by Gasteiger charge is -2.09. The standard InChI is InChI=1S/C16H30N2O/c1-3-4-5-6-7-8-9-10-11-12-16(19)18-15(2)13-14-17/h15H,3-13H2,1-2H3,(H,18,19). The molecule has 3 heteroatoms. The topological polar surface area (TPSA) is 52.9 Å². The third kappa shape index (κ3) is 13.2. The van der Waals surface area contributed by atoms with Crippen LogP contribution in [0, 0.1) is 11.3 Å². The lowest BCUT2D eigenvalue weighted by Crippen LogP contribution is -2.31. The lowest BCUT2D eigenvalue weighted by molar-refractivity contribution is -0.121. The first-order valence-corrected chi connectivity index (χ1v) is 7.87. The van der Waals surface area contributed by atoms with Crippen molar-refractivity contribution in [2.24, 2.45) is 0 Å². The van der Waals surface area contributed by atoms with E-state index in [1.165, 1.54) is 44.9 Å². The van der Waals surface area contributed by atoms with Crippen LogP contribution in [0.5, 0.6) is 0 Å². The van der Waals surface area contributed by atoms with E-state index in [9.17, 15) is 4.79 Å². The molecule has 0 aliphatic rings. The number of hydrogen-bond donors (Lipinski definition) is 1. The van der Waals surface area contributed by atoms with Crippen LogP contribution >= 0.6 is 0 Å². The molecule has 1 atom stereocenters. The zero-order valence-electron chi connectivity index (χ0n) is 12.7. The molecule has 0 aromatic carbocycles. The molecule has 19 heavy (non-hydrogen) atoms. The van der Waals surface area contributed by atoms with Gasteiger partial charge in [-0.2, -0.15) is 5.26 Å². The maximum absolute atomic E-state index is 11.5. The smallest absolute Gasteiger partial charge is 0.220 e. The van der Waals surface area contributed by atoms with Crippen molar-refractivity contribution in [2.45, 2.75) is 90.5 Å². The van der Waals surface area contributed by atoms with Crippen LogP contribution in [0.15, 0.2) is 0 Å². The van der Waals surface area contributed by atoms with Crippen LogP contribution in [0.4, 0.5) is 0 Å². The minimum atomic E-state index is -0.0175. The molecule has 1 amide bonds. The highest BCUT2D eigenvalue weighted by atomic mass is 16.1. The molecule has 0 aliphatic heterocycles. The quantitative estimate of drug-likeness (QED) is 0.535. The van der Waals surface area contributed by atoms with Crippen LogP contribution in [-0.4, -0.2) is 11.9 Å². The molecule has 0 bridgehead atoms. The fraction of sp³-hybridized carbons (Fsp3) is 0.875. The second kappa shape index (κ2) is 13.4. The number of rotatable bonds is 12. The molecule has 0 aliphatic carbocycles. The summed E-state index contributed by atoms with van der Waals surface area (Å²) >= 11 is 0. The molecule has 0 fully saturated rings. The molecule has 0 aromatic rings. The van der Waals surface area contributed by atoms with Gasteiger partial charge in [-0.3, -0.25) is 4.79 Å². The van der Waals surface area contributed by atoms with Gasteiger partial charge >= 0.3 is 0 Å². The van der Waals surface area contributed by atoms with Crippen LogP contribution in [0.25, 0.3) is 0 Å². The normalized spacial score (nSPS) is 11.8. The van der Waals surface area contributed by atoms with Crippen LogP contribution in [0.1, 0.15) is 84.5 Å². The fourth-order valence-corrected chi connectivity index (χ4v) is 2.13. The number of amides is 1. The molecule has 110 valence electrons. The van der Waals surface area contributed by atoms with Crippen LogP contribution in [0.2, 0.25) is 0 Å². The van der Waals surface area contributed by atoms with Crippen molar-refractivity contribution >= 4 is 5.91 Å². The summed E-state index contributed by atoms with van der Waals surface area (Å²) in [5, 5.41) is 11.3. The Bertz CT molecular complexity index is 258. The summed E-state index contributed by atoms with van der Waals surface area (Å²) in [5.74, 6) is 0.0886. The van der Waals surface area contributed by atoms with Crippen molar-refractivity contribution in [1.82, 2.24) is 5.32 Å². The lowest BCUT2D eigenvalue weighted by atomic mass is 10.1. The summed E-state index contributed by atoms with van der Waals surface area (Å²) in [7, 11) is 0. The van der Waals surface area contributed by atoms with Gasteiger partial charge in [-0.15, -0.1) is 0 Å². The van der Waals surface area contributed by atoms with E-state index in [0.717, 1.165) is 12.8 Å². The Morgan fingerprint density at radius 2 is 1.58 bits per heavy atom. The van der Waals surface area contributed by atoms with Gasteiger partial charge in [0.2, 0.25) is 5.91 Å². The highest BCUT2D eigenvalue weighted by Crippen LogP contribution is 2.10. The maximum Gasteiger partial charge on any atom is 0.220 e. The fourth-order valence-electron chi connectivity index (χ4n) is 2.13. The monoisotopic (exact) mass is 266 g/mol. The van der Waals surface area contributed by atoms with Crippen LogP contribution in [-0.2, 0) is 4.79 Å². The number of unbranched alkanes of at least 4 members (excludes halogenated alkanes) is 8. The molecule has 0 heterocycles. The molecule has 3 nitrogen and oxygen atoms in total. The highest BCUT2D eigenvalue weighted by molar-refractivity contribution is 5.76. The van der Waals surface area contributed by atoms with Gasteiger partial charge < -0.3 is 5.32 Å². The zero-order chi connectivity index (χ0) is 14.3. The number of carbonyl (C=O) groups excluding carboxylic acids is 1. The molecule has 0 aromatic heterocycles. The summed E-state index contributed by atoms with van der Waals surface area (Å²) < 4.78 is 0. The van der Waals surface area contributed by atoms with E-state index in [2.05, 4.69) is 18.3 Å². The Morgan fingerprint density at radius 1 is 1.05 bits per heavy atom. The van der Waals surface area contributed by atoms with Gasteiger partial charge in [0.1, 0.15) is 0 Å². The Morgan fingerprint density at radius 3 is 2.11 bits per heavy atom. The first-order valence-electron chi connectivity index (χ1n) is 7.87. The molecule has 0 spiro atoms. The van der Waals surface area contributed by atoms with Crippen molar-refractivity contribution < 1.29 is 4.79 Å². The number of nitrogens with zero attached hydrogens (tertiary/aromatic N) is 1. The van der Waals surface area contributed by atoms with E-state index in [-0.39, 0.29) is 11.9 Å². The summed E-state index contributed by atoms with van der Waals surface area (Å²) in [6.07, 6.45) is 12.4. The van der Waals surface area contributed by atoms with E-state index in [1.807, 2.05) is 6.92 Å². The van der Waals surface area contributed by atoms with Gasteiger partial charge in [0, 0.05) is 12.5 Å². The Kier molecular flexibility index (Phi) is 12.7. The van der Waals surface area contributed by atoms with Crippen LogP contribution in [0.3, 0.4) is 0 Å². The van der Waals surface area contributed by atoms with Gasteiger partial charge in [0.15, 0.2) is 0 Å². The second-order valence-corrected chi connectivity index (χ2v) is 5.41. The van der Waals surface area contributed by atoms with Gasteiger partial charge in [-0.25, -0.2) is 0 Å². The van der Waals surface area contributed by atoms with E-state index in [1.54, 1.807) is 0 Å². The number of nitriles is 1. The largest absolute Gasteiger partial charge is 0.353 e. The molecule has 0 rings (SSSR count). The first-order chi connectivity index (χ1) is 9.20. The van der Waals surface area contributed by atoms with Gasteiger partial charge in [-0.05, 0) is 13.3 Å². The predicted molar refractivity (Wildman–Crippen MR) is 79.7 cm³/mol. The maximum atomic E-state index is 11.5. The van der Waals surface area contributed by atoms with E-state index in [4.69, 9.17) is 5.26 Å². The summed E-state index contributed by atoms with van der Waals surface area (Å²) in [6, 6.07) is 2.05. The summed E-state index contributed by atoms with van der Waals surface area (Å²) in [4.78, 5) is 11.5. The van der Waals surface area contributed by atoms with Crippen molar-refractivity contribution in [3.05, 3.63) is 0 Å². The third-order valence-electron chi connectivity index (χ3n) is 3.31. The molecule has 0 saturated heterocycles. The van der Waals surface area contributed by atoms with Crippen molar-refractivity contribution in [3.8, 4) is 6.07 Å². The first kappa shape index (κ1) is 18.0. The Hall–Kier alpha value is -1.04. The van der Waals surface area contributed by atoms with E-state index in [0.29, 0.717) is 12.8 Å². The molecular formula is C16H30N2O. The number of hydrogen-bond acceptors (Lipinski definition) is 2. The molecule has 1 N–H and O–H groups in total.